The molecule has 2 aromatic carbocycles. The standard InChI is InChI=1S/C56H72N10O8S2/c1-31(57-7)47(67)61-39-21-25-75-41-29-55(3,4)45(65(41)53(39)73)51(71)63-43-35-19-13-11-17-33(35)27-37(43)49(69)59-23-15-9-10-16-24-60-50(70)38-28-34-18-12-14-20-36(34)44(38)64-52(72)46-56(5,6)30-42-66(46)54(74)40(22-26-76-42)62-48(68)32(2)58-8/h11-14,17-20,31-32,37-46,57-58H,21-30H2,1-8H3,(H,59,69)(H,60,70)(H,61,67)(H,62,68)(H,63,71)(H,64,72)/t31-,32-,37+,38+,39+,40+,41-,42-,43-,44-,45+,46+/m0/s1. The van der Waals surface area contributed by atoms with Crippen LogP contribution in [0.25, 0.3) is 0 Å². The summed E-state index contributed by atoms with van der Waals surface area (Å²) in [5.41, 5.74) is 2.35. The van der Waals surface area contributed by atoms with Crippen molar-refractivity contribution >= 4 is 70.8 Å². The lowest BCUT2D eigenvalue weighted by Gasteiger charge is -2.35. The fourth-order valence-electron chi connectivity index (χ4n) is 11.8. The topological polar surface area (TPSA) is 239 Å². The van der Waals surface area contributed by atoms with Gasteiger partial charge >= 0.3 is 0 Å². The molecule has 76 heavy (non-hydrogen) atoms. The Labute approximate surface area is 454 Å². The number of rotatable bonds is 14. The normalized spacial score (nSPS) is 28.4. The van der Waals surface area contributed by atoms with Crippen molar-refractivity contribution < 1.29 is 38.4 Å². The molecule has 18 nitrogen and oxygen atoms in total. The highest BCUT2D eigenvalue weighted by atomic mass is 32.2. The molecule has 4 fully saturated rings. The van der Waals surface area contributed by atoms with Crippen LogP contribution in [-0.4, -0.2) is 143 Å². The van der Waals surface area contributed by atoms with Crippen molar-refractivity contribution in [3.05, 3.63) is 70.8 Å². The average Bonchev–Trinajstić information content (AvgIpc) is 4.08. The number of carbonyl (C=O) groups is 8. The van der Waals surface area contributed by atoms with Crippen LogP contribution in [0.5, 0.6) is 0 Å². The molecule has 4 heterocycles. The van der Waals surface area contributed by atoms with Crippen LogP contribution in [0.4, 0.5) is 0 Å². The highest BCUT2D eigenvalue weighted by molar-refractivity contribution is 8.00. The Balaban J connectivity index is 0.872. The molecular weight excluding hydrogens is 1000 g/mol. The number of amides is 8. The summed E-state index contributed by atoms with van der Waals surface area (Å²) < 4.78 is 0. The van der Waals surface area contributed by atoms with Crippen LogP contribution in [0, 0.1) is 46.3 Å². The summed E-state index contributed by atoms with van der Waals surface area (Å²) in [6.07, 6.45) is 2.86. The molecule has 8 rings (SSSR count). The molecule has 0 radical (unpaired) electrons. The minimum Gasteiger partial charge on any atom is -0.347 e. The van der Waals surface area contributed by atoms with Crippen molar-refractivity contribution in [2.75, 3.05) is 38.7 Å². The zero-order valence-electron chi connectivity index (χ0n) is 44.6. The van der Waals surface area contributed by atoms with Crippen molar-refractivity contribution in [1.29, 1.82) is 0 Å². The van der Waals surface area contributed by atoms with Crippen molar-refractivity contribution in [2.24, 2.45) is 22.7 Å². The molecule has 6 aliphatic rings. The van der Waals surface area contributed by atoms with E-state index in [1.54, 1.807) is 61.3 Å². The Kier molecular flexibility index (Phi) is 17.5. The van der Waals surface area contributed by atoms with Crippen LogP contribution in [0.1, 0.15) is 102 Å². The number of hydrogen-bond donors (Lipinski definition) is 8. The summed E-state index contributed by atoms with van der Waals surface area (Å²) in [5, 5.41) is 23.3. The molecule has 2 aliphatic carbocycles. The molecule has 4 saturated heterocycles. The maximum Gasteiger partial charge on any atom is 0.246 e. The molecule has 0 bridgehead atoms. The number of fused-ring (bicyclic) bond motifs is 4. The first-order chi connectivity index (χ1) is 36.3. The summed E-state index contributed by atoms with van der Waals surface area (Å²) in [5.74, 6) is 8.75. The van der Waals surface area contributed by atoms with Gasteiger partial charge in [-0.2, -0.15) is 0 Å². The largest absolute Gasteiger partial charge is 0.347 e. The summed E-state index contributed by atoms with van der Waals surface area (Å²) >= 11 is 3.23. The lowest BCUT2D eigenvalue weighted by Crippen LogP contribution is -2.58. The number of carbonyl (C=O) groups excluding carboxylic acids is 8. The van der Waals surface area contributed by atoms with E-state index in [2.05, 4.69) is 66.2 Å². The van der Waals surface area contributed by atoms with E-state index in [-0.39, 0.29) is 71.1 Å². The lowest BCUT2D eigenvalue weighted by molar-refractivity contribution is -0.144. The van der Waals surface area contributed by atoms with Crippen LogP contribution in [0.15, 0.2) is 48.5 Å². The molecule has 12 atom stereocenters. The quantitative estimate of drug-likeness (QED) is 0.126. The van der Waals surface area contributed by atoms with Gasteiger partial charge in [0.2, 0.25) is 47.3 Å². The maximum atomic E-state index is 14.5. The third-order valence-electron chi connectivity index (χ3n) is 16.1. The Morgan fingerprint density at radius 3 is 1.36 bits per heavy atom. The van der Waals surface area contributed by atoms with Gasteiger partial charge in [0.05, 0.1) is 59.8 Å². The highest BCUT2D eigenvalue weighted by Gasteiger charge is 2.57. The molecular formula is C56H72N10O8S2. The molecule has 8 amide bonds. The second-order valence-electron chi connectivity index (χ2n) is 22.1. The molecule has 20 heteroatoms. The molecule has 4 aliphatic heterocycles. The van der Waals surface area contributed by atoms with E-state index in [1.807, 2.05) is 76.2 Å². The Hall–Kier alpha value is -6.06. The number of nitrogens with zero attached hydrogens (tertiary/aromatic N) is 2. The van der Waals surface area contributed by atoms with E-state index >= 15 is 0 Å². The number of benzene rings is 2. The summed E-state index contributed by atoms with van der Waals surface area (Å²) in [4.78, 5) is 114. The van der Waals surface area contributed by atoms with E-state index in [0.717, 1.165) is 22.3 Å². The van der Waals surface area contributed by atoms with Crippen molar-refractivity contribution in [3.63, 3.8) is 0 Å². The highest BCUT2D eigenvalue weighted by Crippen LogP contribution is 2.49. The Morgan fingerprint density at radius 2 is 0.974 bits per heavy atom. The minimum absolute atomic E-state index is 0.0176. The van der Waals surface area contributed by atoms with E-state index in [4.69, 9.17) is 0 Å². The zero-order chi connectivity index (χ0) is 54.6. The number of likely N-dealkylation sites (N-methyl/N-ethyl adjacent to an activating group) is 2. The summed E-state index contributed by atoms with van der Waals surface area (Å²) in [6, 6.07) is 9.70. The Bertz CT molecular complexity index is 2570. The number of nitrogens with one attached hydrogen (secondary N) is 8. The summed E-state index contributed by atoms with van der Waals surface area (Å²) in [6.45, 7) is 11.3. The zero-order valence-corrected chi connectivity index (χ0v) is 46.2. The van der Waals surface area contributed by atoms with Crippen molar-refractivity contribution in [2.45, 2.75) is 139 Å². The van der Waals surface area contributed by atoms with Gasteiger partial charge in [-0.15, -0.1) is 23.5 Å². The van der Waals surface area contributed by atoms with Crippen molar-refractivity contribution in [1.82, 2.24) is 52.3 Å². The second-order valence-corrected chi connectivity index (χ2v) is 24.7. The van der Waals surface area contributed by atoms with Gasteiger partial charge in [0.25, 0.3) is 0 Å². The lowest BCUT2D eigenvalue weighted by atomic mass is 9.83. The molecule has 2 aromatic rings. The van der Waals surface area contributed by atoms with Gasteiger partial charge < -0.3 is 52.3 Å². The van der Waals surface area contributed by atoms with Gasteiger partial charge in [0.1, 0.15) is 24.2 Å². The molecule has 8 N–H and O–H groups in total. The van der Waals surface area contributed by atoms with Crippen LogP contribution in [0.3, 0.4) is 0 Å². The van der Waals surface area contributed by atoms with Crippen LogP contribution >= 0.6 is 23.5 Å². The minimum atomic E-state index is -0.835. The molecule has 406 valence electrons. The molecule has 0 spiro atoms. The third-order valence-corrected chi connectivity index (χ3v) is 18.6. The van der Waals surface area contributed by atoms with Gasteiger partial charge in [0.15, 0.2) is 0 Å². The second kappa shape index (κ2) is 23.7. The first-order valence-electron chi connectivity index (χ1n) is 26.4. The third kappa shape index (κ3) is 11.8. The van der Waals surface area contributed by atoms with E-state index in [9.17, 15) is 38.4 Å². The Morgan fingerprint density at radius 1 is 0.592 bits per heavy atom. The van der Waals surface area contributed by atoms with Gasteiger partial charge in [-0.1, -0.05) is 88.1 Å². The van der Waals surface area contributed by atoms with Gasteiger partial charge in [-0.3, -0.25) is 38.4 Å². The van der Waals surface area contributed by atoms with E-state index in [1.165, 1.54) is 0 Å². The maximum absolute atomic E-state index is 14.5. The van der Waals surface area contributed by atoms with Gasteiger partial charge in [-0.25, -0.2) is 0 Å². The monoisotopic (exact) mass is 1080 g/mol. The van der Waals surface area contributed by atoms with Gasteiger partial charge in [-0.05, 0) is 123 Å². The van der Waals surface area contributed by atoms with Crippen LogP contribution in [0.2, 0.25) is 0 Å². The molecule has 0 saturated carbocycles. The van der Waals surface area contributed by atoms with E-state index < -0.39 is 71.0 Å². The first kappa shape index (κ1) is 56.2. The van der Waals surface area contributed by atoms with E-state index in [0.29, 0.717) is 50.0 Å². The fraction of sp³-hybridized carbons (Fsp3) is 0.571. The smallest absolute Gasteiger partial charge is 0.246 e. The number of hydrogen-bond acceptors (Lipinski definition) is 12. The molecule has 0 unspecified atom stereocenters. The van der Waals surface area contributed by atoms with Crippen molar-refractivity contribution in [3.8, 4) is 23.7 Å². The fourth-order valence-corrected chi connectivity index (χ4v) is 14.9. The SMILES string of the molecule is CN[C@@H](C)C(=O)N[C@@H]1CCS[C@H]2CC(C)(C)[C@@H](C(=O)N[C@H]3c4ccccc4C[C@H]3C(=O)NCC#CC#CCNC(=O)[C@@H]3Cc4ccccc4[C@@H]3NC(=O)[C@H]3N4C(=O)[C@H](NC(=O)[C@H](C)NC)CCS[C@H]4CC3(C)C)N2C1=O. The average molecular weight is 1080 g/mol. The number of thioether (sulfide) groups is 2. The summed E-state index contributed by atoms with van der Waals surface area (Å²) in [7, 11) is 3.35. The van der Waals surface area contributed by atoms with Crippen LogP contribution in [-0.2, 0) is 51.2 Å². The first-order valence-corrected chi connectivity index (χ1v) is 28.5. The van der Waals surface area contributed by atoms with Crippen LogP contribution < -0.4 is 42.5 Å². The molecule has 0 aromatic heterocycles. The predicted octanol–water partition coefficient (Wildman–Crippen LogP) is 1.65. The predicted molar refractivity (Wildman–Crippen MR) is 291 cm³/mol. The van der Waals surface area contributed by atoms with Gasteiger partial charge in [0, 0.05) is 0 Å².